The predicted molar refractivity (Wildman–Crippen MR) is 207 cm³/mol. The Labute approximate surface area is 313 Å². The maximum Gasteiger partial charge on any atom is 0.313 e. The molecule has 8 heteroatoms. The van der Waals surface area contributed by atoms with Crippen LogP contribution < -0.4 is 0 Å². The number of rotatable bonds is 36. The Hall–Kier alpha value is -2.12. The van der Waals surface area contributed by atoms with Gasteiger partial charge in [0.15, 0.2) is 0 Å². The first kappa shape index (κ1) is 48.9. The van der Waals surface area contributed by atoms with Gasteiger partial charge in [-0.05, 0) is 32.1 Å². The van der Waals surface area contributed by atoms with Crippen molar-refractivity contribution in [2.24, 2.45) is 17.3 Å². The first-order chi connectivity index (χ1) is 24.7. The third kappa shape index (κ3) is 23.2. The summed E-state index contributed by atoms with van der Waals surface area (Å²) < 4.78 is 22.9. The van der Waals surface area contributed by atoms with Crippen LogP contribution in [0.4, 0.5) is 0 Å². The second-order valence-electron chi connectivity index (χ2n) is 14.7. The van der Waals surface area contributed by atoms with Crippen LogP contribution in [0, 0.1) is 17.3 Å². The van der Waals surface area contributed by atoms with Crippen molar-refractivity contribution in [3.05, 3.63) is 0 Å². The monoisotopic (exact) mass is 725 g/mol. The molecule has 300 valence electrons. The zero-order chi connectivity index (χ0) is 38.0. The topological polar surface area (TPSA) is 105 Å². The summed E-state index contributed by atoms with van der Waals surface area (Å²) in [6, 6.07) is 0. The largest absolute Gasteiger partial charge is 0.466 e. The quantitative estimate of drug-likeness (QED) is 0.0357. The van der Waals surface area contributed by atoms with Gasteiger partial charge in [0.1, 0.15) is 0 Å². The number of carbonyl (C=O) groups is 4. The lowest BCUT2D eigenvalue weighted by molar-refractivity contribution is -0.182. The fourth-order valence-electron chi connectivity index (χ4n) is 6.74. The van der Waals surface area contributed by atoms with Gasteiger partial charge < -0.3 is 18.9 Å². The first-order valence-corrected chi connectivity index (χ1v) is 21.4. The van der Waals surface area contributed by atoms with Crippen molar-refractivity contribution in [1.82, 2.24) is 0 Å². The summed E-state index contributed by atoms with van der Waals surface area (Å²) in [4.78, 5) is 55.1. The Kier molecular flexibility index (Phi) is 32.3. The zero-order valence-corrected chi connectivity index (χ0v) is 34.1. The molecule has 0 spiro atoms. The molecule has 0 radical (unpaired) electrons. The molecule has 3 unspecified atom stereocenters. The summed E-state index contributed by atoms with van der Waals surface area (Å²) in [5.41, 5.74) is -1.63. The van der Waals surface area contributed by atoms with Crippen LogP contribution in [-0.4, -0.2) is 50.3 Å². The highest BCUT2D eigenvalue weighted by Gasteiger charge is 2.55. The van der Waals surface area contributed by atoms with Crippen LogP contribution >= 0.6 is 0 Å². The van der Waals surface area contributed by atoms with Gasteiger partial charge in [-0.25, -0.2) is 0 Å². The van der Waals surface area contributed by atoms with Crippen molar-refractivity contribution in [2.45, 2.75) is 208 Å². The van der Waals surface area contributed by atoms with Gasteiger partial charge in [-0.3, -0.25) is 19.2 Å². The van der Waals surface area contributed by atoms with E-state index >= 15 is 0 Å². The Morgan fingerprint density at radius 1 is 0.431 bits per heavy atom. The molecular weight excluding hydrogens is 644 g/mol. The van der Waals surface area contributed by atoms with E-state index in [2.05, 4.69) is 27.7 Å². The normalized spacial score (nSPS) is 13.6. The SMILES string of the molecule is CCCCCCCCCCCOC(=O)C(CC)(CC(=O)OCCCCCCCCCC)C(C(=O)OCCCCC)C(C)C(=O)OCCCCCC. The third-order valence-corrected chi connectivity index (χ3v) is 10.2. The van der Waals surface area contributed by atoms with E-state index in [1.807, 2.05) is 0 Å². The average molecular weight is 725 g/mol. The minimum Gasteiger partial charge on any atom is -0.466 e. The van der Waals surface area contributed by atoms with Crippen molar-refractivity contribution >= 4 is 23.9 Å². The van der Waals surface area contributed by atoms with Gasteiger partial charge in [0.25, 0.3) is 0 Å². The molecule has 3 atom stereocenters. The van der Waals surface area contributed by atoms with E-state index in [0.717, 1.165) is 77.0 Å². The fourth-order valence-corrected chi connectivity index (χ4v) is 6.74. The summed E-state index contributed by atoms with van der Waals surface area (Å²) in [7, 11) is 0. The van der Waals surface area contributed by atoms with Crippen LogP contribution in [0.3, 0.4) is 0 Å². The molecule has 0 saturated heterocycles. The molecule has 8 nitrogen and oxygen atoms in total. The summed E-state index contributed by atoms with van der Waals surface area (Å²) >= 11 is 0. The molecule has 0 aliphatic rings. The maximum atomic E-state index is 14.2. The molecule has 0 fully saturated rings. The van der Waals surface area contributed by atoms with Gasteiger partial charge in [-0.15, -0.1) is 0 Å². The molecule has 0 heterocycles. The highest BCUT2D eigenvalue weighted by Crippen LogP contribution is 2.43. The minimum atomic E-state index is -1.63. The number of carbonyl (C=O) groups excluding carboxylic acids is 4. The molecule has 0 aliphatic carbocycles. The number of hydrogen-bond acceptors (Lipinski definition) is 8. The smallest absolute Gasteiger partial charge is 0.313 e. The lowest BCUT2D eigenvalue weighted by Gasteiger charge is -2.38. The van der Waals surface area contributed by atoms with Gasteiger partial charge in [0.05, 0.1) is 50.1 Å². The van der Waals surface area contributed by atoms with Crippen LogP contribution in [0.5, 0.6) is 0 Å². The standard InChI is InChI=1S/C43H80O8/c1-7-12-16-19-21-23-25-27-31-35-51-42(47)43(11-5,36-38(44)48-32-30-26-24-22-20-17-13-8-2)39(41(46)50-33-28-15-10-4)37(6)40(45)49-34-29-18-14-9-3/h37,39H,7-36H2,1-6H3. The molecule has 51 heavy (non-hydrogen) atoms. The predicted octanol–water partition coefficient (Wildman–Crippen LogP) is 11.6. The number of esters is 4. The van der Waals surface area contributed by atoms with E-state index in [9.17, 15) is 19.2 Å². The van der Waals surface area contributed by atoms with Crippen LogP contribution in [0.1, 0.15) is 208 Å². The maximum absolute atomic E-state index is 14.2. The van der Waals surface area contributed by atoms with E-state index in [-0.39, 0.29) is 39.3 Å². The Morgan fingerprint density at radius 3 is 1.22 bits per heavy atom. The van der Waals surface area contributed by atoms with E-state index in [1.54, 1.807) is 13.8 Å². The molecule has 0 saturated carbocycles. The average Bonchev–Trinajstić information content (AvgIpc) is 3.12. The van der Waals surface area contributed by atoms with Crippen LogP contribution in [0.25, 0.3) is 0 Å². The van der Waals surface area contributed by atoms with E-state index in [1.165, 1.54) is 64.2 Å². The van der Waals surface area contributed by atoms with Gasteiger partial charge in [0.2, 0.25) is 0 Å². The van der Waals surface area contributed by atoms with Gasteiger partial charge >= 0.3 is 23.9 Å². The van der Waals surface area contributed by atoms with Crippen molar-refractivity contribution in [3.63, 3.8) is 0 Å². The summed E-state index contributed by atoms with van der Waals surface area (Å²) in [6.45, 7) is 12.8. The van der Waals surface area contributed by atoms with Gasteiger partial charge in [-0.1, -0.05) is 170 Å². The molecule has 0 aliphatic heterocycles. The zero-order valence-electron chi connectivity index (χ0n) is 34.1. The molecular formula is C43H80O8. The van der Waals surface area contributed by atoms with Crippen LogP contribution in [0.15, 0.2) is 0 Å². The number of hydrogen-bond donors (Lipinski definition) is 0. The molecule has 0 bridgehead atoms. The highest BCUT2D eigenvalue weighted by molar-refractivity contribution is 5.92. The molecule has 0 aromatic heterocycles. The van der Waals surface area contributed by atoms with Crippen molar-refractivity contribution < 1.29 is 38.1 Å². The molecule has 0 aromatic rings. The van der Waals surface area contributed by atoms with Crippen LogP contribution in [0.2, 0.25) is 0 Å². The molecule has 0 aromatic carbocycles. The Morgan fingerprint density at radius 2 is 0.765 bits per heavy atom. The first-order valence-electron chi connectivity index (χ1n) is 21.4. The third-order valence-electron chi connectivity index (χ3n) is 10.2. The van der Waals surface area contributed by atoms with E-state index < -0.39 is 41.1 Å². The second kappa shape index (κ2) is 33.7. The number of ether oxygens (including phenoxy) is 4. The summed E-state index contributed by atoms with van der Waals surface area (Å²) in [5.74, 6) is -4.72. The van der Waals surface area contributed by atoms with Crippen molar-refractivity contribution in [1.29, 1.82) is 0 Å². The van der Waals surface area contributed by atoms with E-state index in [0.29, 0.717) is 12.8 Å². The van der Waals surface area contributed by atoms with E-state index in [4.69, 9.17) is 18.9 Å². The number of unbranched alkanes of at least 4 members (excludes halogenated alkanes) is 20. The van der Waals surface area contributed by atoms with Gasteiger partial charge in [-0.2, -0.15) is 0 Å². The molecule has 0 N–H and O–H groups in total. The van der Waals surface area contributed by atoms with Crippen molar-refractivity contribution in [2.75, 3.05) is 26.4 Å². The van der Waals surface area contributed by atoms with Gasteiger partial charge in [0, 0.05) is 0 Å². The summed E-state index contributed by atoms with van der Waals surface area (Å²) in [6.07, 6.45) is 25.1. The van der Waals surface area contributed by atoms with Crippen LogP contribution in [-0.2, 0) is 38.1 Å². The fraction of sp³-hybridized carbons (Fsp3) is 0.907. The lowest BCUT2D eigenvalue weighted by Crippen LogP contribution is -2.50. The highest BCUT2D eigenvalue weighted by atomic mass is 16.6. The minimum absolute atomic E-state index is 0.110. The second-order valence-corrected chi connectivity index (χ2v) is 14.7. The van der Waals surface area contributed by atoms with Crippen molar-refractivity contribution in [3.8, 4) is 0 Å². The molecule has 0 amide bonds. The lowest BCUT2D eigenvalue weighted by atomic mass is 9.65. The summed E-state index contributed by atoms with van der Waals surface area (Å²) in [5, 5.41) is 0. The Bertz CT molecular complexity index is 874. The Balaban J connectivity index is 5.87. The molecule has 0 rings (SSSR count).